The molecule has 114 valence electrons. The standard InChI is InChI=1S/C17H24N2OS/c1-18-13-21-12-16(18)17(20)19-9-7-15(8-10-19)11-14-5-3-2-4-6-14/h2-6,15-16H,7-13H2,1H3/t16-/m1/s1. The smallest absolute Gasteiger partial charge is 0.240 e. The first-order valence-electron chi connectivity index (χ1n) is 7.85. The summed E-state index contributed by atoms with van der Waals surface area (Å²) in [6.45, 7) is 1.87. The summed E-state index contributed by atoms with van der Waals surface area (Å²) in [6.07, 6.45) is 3.44. The molecule has 0 unspecified atom stereocenters. The van der Waals surface area contributed by atoms with Gasteiger partial charge in [0, 0.05) is 24.7 Å². The van der Waals surface area contributed by atoms with Gasteiger partial charge in [0.25, 0.3) is 0 Å². The Labute approximate surface area is 131 Å². The Morgan fingerprint density at radius 1 is 1.24 bits per heavy atom. The van der Waals surface area contributed by atoms with Crippen LogP contribution in [0, 0.1) is 5.92 Å². The van der Waals surface area contributed by atoms with Crippen LogP contribution in [0.2, 0.25) is 0 Å². The van der Waals surface area contributed by atoms with Gasteiger partial charge >= 0.3 is 0 Å². The third-order valence-electron chi connectivity index (χ3n) is 4.68. The van der Waals surface area contributed by atoms with Crippen molar-refractivity contribution < 1.29 is 4.79 Å². The van der Waals surface area contributed by atoms with E-state index in [1.54, 1.807) is 0 Å². The number of amides is 1. The zero-order chi connectivity index (χ0) is 14.7. The monoisotopic (exact) mass is 304 g/mol. The fraction of sp³-hybridized carbons (Fsp3) is 0.588. The number of carbonyl (C=O) groups is 1. The van der Waals surface area contributed by atoms with E-state index in [0.29, 0.717) is 5.91 Å². The summed E-state index contributed by atoms with van der Waals surface area (Å²) in [4.78, 5) is 16.8. The molecule has 2 aliphatic heterocycles. The number of benzene rings is 1. The second kappa shape index (κ2) is 6.84. The summed E-state index contributed by atoms with van der Waals surface area (Å²) in [7, 11) is 2.06. The molecule has 3 rings (SSSR count). The normalized spacial score (nSPS) is 24.4. The Hall–Kier alpha value is -1.00. The molecule has 0 spiro atoms. The van der Waals surface area contributed by atoms with Gasteiger partial charge in [0.2, 0.25) is 5.91 Å². The first kappa shape index (κ1) is 14.9. The number of hydrogen-bond acceptors (Lipinski definition) is 3. The van der Waals surface area contributed by atoms with Crippen molar-refractivity contribution >= 4 is 17.7 Å². The van der Waals surface area contributed by atoms with Crippen LogP contribution in [0.15, 0.2) is 30.3 Å². The molecule has 4 heteroatoms. The molecule has 0 bridgehead atoms. The topological polar surface area (TPSA) is 23.6 Å². The summed E-state index contributed by atoms with van der Waals surface area (Å²) in [5.74, 6) is 3.02. The predicted octanol–water partition coefficient (Wildman–Crippen LogP) is 2.47. The minimum Gasteiger partial charge on any atom is -0.341 e. The molecule has 0 aromatic heterocycles. The number of carbonyl (C=O) groups excluding carboxylic acids is 1. The van der Waals surface area contributed by atoms with E-state index in [-0.39, 0.29) is 6.04 Å². The van der Waals surface area contributed by atoms with E-state index in [1.165, 1.54) is 5.56 Å². The van der Waals surface area contributed by atoms with Gasteiger partial charge in [-0.15, -0.1) is 11.8 Å². The average molecular weight is 304 g/mol. The summed E-state index contributed by atoms with van der Waals surface area (Å²) >= 11 is 1.86. The molecule has 1 amide bonds. The number of likely N-dealkylation sites (N-methyl/N-ethyl adjacent to an activating group) is 1. The summed E-state index contributed by atoms with van der Waals surface area (Å²) in [5, 5.41) is 0. The number of piperidine rings is 1. The predicted molar refractivity (Wildman–Crippen MR) is 88.3 cm³/mol. The SMILES string of the molecule is CN1CSC[C@@H]1C(=O)N1CCC(Cc2ccccc2)CC1. The minimum absolute atomic E-state index is 0.112. The molecule has 2 fully saturated rings. The molecule has 0 radical (unpaired) electrons. The lowest BCUT2D eigenvalue weighted by Crippen LogP contribution is -2.48. The highest BCUT2D eigenvalue weighted by Crippen LogP contribution is 2.25. The molecule has 0 aliphatic carbocycles. The van der Waals surface area contributed by atoms with E-state index in [4.69, 9.17) is 0 Å². The van der Waals surface area contributed by atoms with Gasteiger partial charge in [0.1, 0.15) is 0 Å². The van der Waals surface area contributed by atoms with Crippen LogP contribution in [-0.4, -0.2) is 53.5 Å². The highest BCUT2D eigenvalue weighted by Gasteiger charge is 2.33. The maximum Gasteiger partial charge on any atom is 0.240 e. The van der Waals surface area contributed by atoms with Gasteiger partial charge in [-0.25, -0.2) is 0 Å². The molecule has 1 atom stereocenters. The van der Waals surface area contributed by atoms with E-state index in [1.807, 2.05) is 11.8 Å². The molecular weight excluding hydrogens is 280 g/mol. The van der Waals surface area contributed by atoms with Crippen LogP contribution in [-0.2, 0) is 11.2 Å². The zero-order valence-electron chi connectivity index (χ0n) is 12.7. The second-order valence-electron chi connectivity index (χ2n) is 6.23. The molecule has 3 nitrogen and oxygen atoms in total. The summed E-state index contributed by atoms with van der Waals surface area (Å²) < 4.78 is 0. The van der Waals surface area contributed by atoms with Gasteiger partial charge in [-0.1, -0.05) is 30.3 Å². The van der Waals surface area contributed by atoms with Crippen molar-refractivity contribution in [2.45, 2.75) is 25.3 Å². The summed E-state index contributed by atoms with van der Waals surface area (Å²) in [6, 6.07) is 10.8. The number of nitrogens with zero attached hydrogens (tertiary/aromatic N) is 2. The van der Waals surface area contributed by atoms with E-state index in [2.05, 4.69) is 47.2 Å². The highest BCUT2D eigenvalue weighted by molar-refractivity contribution is 7.99. The van der Waals surface area contributed by atoms with Crippen LogP contribution in [0.25, 0.3) is 0 Å². The van der Waals surface area contributed by atoms with Crippen LogP contribution in [0.4, 0.5) is 0 Å². The van der Waals surface area contributed by atoms with Crippen molar-refractivity contribution in [2.75, 3.05) is 31.8 Å². The van der Waals surface area contributed by atoms with E-state index in [0.717, 1.165) is 49.9 Å². The molecule has 2 saturated heterocycles. The van der Waals surface area contributed by atoms with E-state index in [9.17, 15) is 4.79 Å². The number of thioether (sulfide) groups is 1. The van der Waals surface area contributed by atoms with Crippen LogP contribution >= 0.6 is 11.8 Å². The van der Waals surface area contributed by atoms with E-state index < -0.39 is 0 Å². The largest absolute Gasteiger partial charge is 0.341 e. The van der Waals surface area contributed by atoms with Gasteiger partial charge in [-0.2, -0.15) is 0 Å². The lowest BCUT2D eigenvalue weighted by Gasteiger charge is -2.34. The molecule has 21 heavy (non-hydrogen) atoms. The lowest BCUT2D eigenvalue weighted by atomic mass is 9.90. The van der Waals surface area contributed by atoms with Gasteiger partial charge in [-0.3, -0.25) is 9.69 Å². The fourth-order valence-electron chi connectivity index (χ4n) is 3.30. The van der Waals surface area contributed by atoms with Crippen LogP contribution < -0.4 is 0 Å². The molecule has 1 aromatic carbocycles. The Bertz CT molecular complexity index is 471. The maximum absolute atomic E-state index is 12.5. The third kappa shape index (κ3) is 3.61. The molecule has 2 aliphatic rings. The number of likely N-dealkylation sites (tertiary alicyclic amines) is 1. The van der Waals surface area contributed by atoms with Crippen molar-refractivity contribution in [3.63, 3.8) is 0 Å². The molecule has 0 saturated carbocycles. The first-order chi connectivity index (χ1) is 10.2. The lowest BCUT2D eigenvalue weighted by molar-refractivity contribution is -0.136. The van der Waals surface area contributed by atoms with Gasteiger partial charge in [0.15, 0.2) is 0 Å². The van der Waals surface area contributed by atoms with Crippen molar-refractivity contribution in [1.82, 2.24) is 9.80 Å². The molecule has 2 heterocycles. The quantitative estimate of drug-likeness (QED) is 0.857. The fourth-order valence-corrected chi connectivity index (χ4v) is 4.49. The third-order valence-corrected chi connectivity index (χ3v) is 5.82. The first-order valence-corrected chi connectivity index (χ1v) is 9.00. The highest BCUT2D eigenvalue weighted by atomic mass is 32.2. The van der Waals surface area contributed by atoms with Crippen LogP contribution in [0.5, 0.6) is 0 Å². The zero-order valence-corrected chi connectivity index (χ0v) is 13.5. The van der Waals surface area contributed by atoms with Crippen LogP contribution in [0.3, 0.4) is 0 Å². The Kier molecular flexibility index (Phi) is 4.86. The molecule has 1 aromatic rings. The van der Waals surface area contributed by atoms with Crippen molar-refractivity contribution in [1.29, 1.82) is 0 Å². The Morgan fingerprint density at radius 2 is 1.95 bits per heavy atom. The van der Waals surface area contributed by atoms with Gasteiger partial charge < -0.3 is 4.90 Å². The van der Waals surface area contributed by atoms with Crippen molar-refractivity contribution in [3.05, 3.63) is 35.9 Å². The maximum atomic E-state index is 12.5. The van der Waals surface area contributed by atoms with Crippen molar-refractivity contribution in [2.24, 2.45) is 5.92 Å². The van der Waals surface area contributed by atoms with Crippen molar-refractivity contribution in [3.8, 4) is 0 Å². The number of rotatable bonds is 3. The van der Waals surface area contributed by atoms with Gasteiger partial charge in [0.05, 0.1) is 6.04 Å². The average Bonchev–Trinajstić information content (AvgIpc) is 2.94. The molecule has 0 N–H and O–H groups in total. The number of hydrogen-bond donors (Lipinski definition) is 0. The van der Waals surface area contributed by atoms with Crippen LogP contribution in [0.1, 0.15) is 18.4 Å². The minimum atomic E-state index is 0.112. The van der Waals surface area contributed by atoms with E-state index >= 15 is 0 Å². The second-order valence-corrected chi connectivity index (χ2v) is 7.23. The Balaban J connectivity index is 1.50. The summed E-state index contributed by atoms with van der Waals surface area (Å²) in [5.41, 5.74) is 1.43. The Morgan fingerprint density at radius 3 is 2.57 bits per heavy atom. The van der Waals surface area contributed by atoms with Gasteiger partial charge in [-0.05, 0) is 37.8 Å². The molecular formula is C17H24N2OS.